The number of alkyl carbamates (subject to hydrolysis) is 1. The van der Waals surface area contributed by atoms with Crippen molar-refractivity contribution in [3.8, 4) is 17.2 Å². The van der Waals surface area contributed by atoms with Crippen molar-refractivity contribution < 1.29 is 18.7 Å². The maximum Gasteiger partial charge on any atom is 0.407 e. The van der Waals surface area contributed by atoms with Crippen LogP contribution in [0.15, 0.2) is 59.0 Å². The van der Waals surface area contributed by atoms with Gasteiger partial charge >= 0.3 is 6.09 Å². The lowest BCUT2D eigenvalue weighted by molar-refractivity contribution is 0.128. The summed E-state index contributed by atoms with van der Waals surface area (Å²) in [4.78, 5) is 19.2. The van der Waals surface area contributed by atoms with Gasteiger partial charge in [0.1, 0.15) is 11.6 Å². The first-order valence-electron chi connectivity index (χ1n) is 12.3. The van der Waals surface area contributed by atoms with Gasteiger partial charge in [0.25, 0.3) is 5.89 Å². The number of hydrogen-bond donors (Lipinski definition) is 1. The van der Waals surface area contributed by atoms with Gasteiger partial charge in [-0.2, -0.15) is 0 Å². The number of hydrogen-bond acceptors (Lipinski definition) is 8. The Morgan fingerprint density at radius 2 is 1.92 bits per heavy atom. The summed E-state index contributed by atoms with van der Waals surface area (Å²) >= 11 is 6.07. The second kappa shape index (κ2) is 11.5. The first kappa shape index (κ1) is 24.8. The van der Waals surface area contributed by atoms with Crippen LogP contribution in [-0.2, 0) is 11.3 Å². The fourth-order valence-electron chi connectivity index (χ4n) is 4.43. The van der Waals surface area contributed by atoms with Gasteiger partial charge in [0.05, 0.1) is 12.6 Å². The predicted molar refractivity (Wildman–Crippen MR) is 141 cm³/mol. The molecule has 1 N–H and O–H groups in total. The second-order valence-electron chi connectivity index (χ2n) is 8.96. The standard InChI is InChI=1S/C27H28ClN5O4/c1-35-22-6-2-19(3-7-22)26-32-31-25(37-26)17-36-27(34)29-13-10-18-11-14-33(15-12-18)24-9-4-20-16-21(28)5-8-23(20)30-24/h2-9,16,18H,10-15,17H2,1H3,(H,29,34). The number of amides is 1. The highest BCUT2D eigenvalue weighted by atomic mass is 35.5. The fourth-order valence-corrected chi connectivity index (χ4v) is 4.61. The maximum atomic E-state index is 12.1. The van der Waals surface area contributed by atoms with Crippen LogP contribution in [0.25, 0.3) is 22.4 Å². The number of aromatic nitrogens is 3. The average molecular weight is 522 g/mol. The van der Waals surface area contributed by atoms with Crippen molar-refractivity contribution in [3.63, 3.8) is 0 Å². The molecule has 0 atom stereocenters. The minimum Gasteiger partial charge on any atom is -0.497 e. The highest BCUT2D eigenvalue weighted by Crippen LogP contribution is 2.26. The van der Waals surface area contributed by atoms with Crippen LogP contribution in [0.3, 0.4) is 0 Å². The molecule has 1 amide bonds. The van der Waals surface area contributed by atoms with Crippen LogP contribution >= 0.6 is 11.6 Å². The van der Waals surface area contributed by atoms with E-state index in [1.165, 1.54) is 0 Å². The third kappa shape index (κ3) is 6.29. The molecule has 2 aromatic heterocycles. The molecule has 9 nitrogen and oxygen atoms in total. The molecular weight excluding hydrogens is 494 g/mol. The summed E-state index contributed by atoms with van der Waals surface area (Å²) in [6.07, 6.45) is 2.50. The van der Waals surface area contributed by atoms with E-state index in [1.807, 2.05) is 42.5 Å². The van der Waals surface area contributed by atoms with Crippen LogP contribution < -0.4 is 15.0 Å². The summed E-state index contributed by atoms with van der Waals surface area (Å²) in [6.45, 7) is 2.35. The highest BCUT2D eigenvalue weighted by Gasteiger charge is 2.20. The summed E-state index contributed by atoms with van der Waals surface area (Å²) in [5.41, 5.74) is 1.71. The summed E-state index contributed by atoms with van der Waals surface area (Å²) in [5.74, 6) is 2.86. The molecule has 0 unspecified atom stereocenters. The first-order chi connectivity index (χ1) is 18.1. The topological polar surface area (TPSA) is 103 Å². The van der Waals surface area contributed by atoms with E-state index in [1.54, 1.807) is 7.11 Å². The third-order valence-corrected chi connectivity index (χ3v) is 6.76. The summed E-state index contributed by atoms with van der Waals surface area (Å²) in [6, 6.07) is 17.1. The highest BCUT2D eigenvalue weighted by molar-refractivity contribution is 6.31. The molecule has 5 rings (SSSR count). The molecule has 0 radical (unpaired) electrons. The molecular formula is C27H28ClN5O4. The summed E-state index contributed by atoms with van der Waals surface area (Å²) < 4.78 is 16.0. The Balaban J connectivity index is 1.01. The van der Waals surface area contributed by atoms with Gasteiger partial charge in [0.15, 0.2) is 6.61 Å². The van der Waals surface area contributed by atoms with E-state index in [4.69, 9.17) is 30.5 Å². The third-order valence-electron chi connectivity index (χ3n) is 6.53. The van der Waals surface area contributed by atoms with Gasteiger partial charge < -0.3 is 24.1 Å². The normalized spacial score (nSPS) is 14.1. The Labute approximate surface area is 219 Å². The van der Waals surface area contributed by atoms with Crippen molar-refractivity contribution in [1.29, 1.82) is 0 Å². The zero-order valence-corrected chi connectivity index (χ0v) is 21.3. The molecule has 192 valence electrons. The minimum absolute atomic E-state index is 0.0850. The van der Waals surface area contributed by atoms with E-state index in [9.17, 15) is 4.79 Å². The Bertz CT molecular complexity index is 1350. The molecule has 2 aromatic carbocycles. The molecule has 0 aliphatic carbocycles. The summed E-state index contributed by atoms with van der Waals surface area (Å²) in [7, 11) is 1.60. The van der Waals surface area contributed by atoms with Gasteiger partial charge in [-0.25, -0.2) is 9.78 Å². The van der Waals surface area contributed by atoms with Crippen molar-refractivity contribution in [3.05, 3.63) is 65.5 Å². The number of carbonyl (C=O) groups is 1. The average Bonchev–Trinajstić information content (AvgIpc) is 3.41. The second-order valence-corrected chi connectivity index (χ2v) is 9.39. The molecule has 4 aromatic rings. The molecule has 37 heavy (non-hydrogen) atoms. The van der Waals surface area contributed by atoms with Crippen molar-refractivity contribution in [2.24, 2.45) is 5.92 Å². The maximum absolute atomic E-state index is 12.1. The monoisotopic (exact) mass is 521 g/mol. The van der Waals surface area contributed by atoms with Gasteiger partial charge in [-0.3, -0.25) is 0 Å². The molecule has 0 spiro atoms. The van der Waals surface area contributed by atoms with Crippen LogP contribution in [-0.4, -0.2) is 48.0 Å². The Morgan fingerprint density at radius 1 is 1.11 bits per heavy atom. The Kier molecular flexibility index (Phi) is 7.70. The Morgan fingerprint density at radius 3 is 2.70 bits per heavy atom. The number of benzene rings is 2. The van der Waals surface area contributed by atoms with Crippen molar-refractivity contribution in [2.45, 2.75) is 25.9 Å². The van der Waals surface area contributed by atoms with E-state index in [2.05, 4.69) is 32.5 Å². The van der Waals surface area contributed by atoms with Crippen LogP contribution in [0.1, 0.15) is 25.2 Å². The predicted octanol–water partition coefficient (Wildman–Crippen LogP) is 5.48. The zero-order valence-electron chi connectivity index (χ0n) is 20.5. The van der Waals surface area contributed by atoms with Gasteiger partial charge in [-0.1, -0.05) is 11.6 Å². The lowest BCUT2D eigenvalue weighted by Crippen LogP contribution is -2.35. The molecule has 3 heterocycles. The number of methoxy groups -OCH3 is 1. The summed E-state index contributed by atoms with van der Waals surface area (Å²) in [5, 5.41) is 12.5. The van der Waals surface area contributed by atoms with Gasteiger partial charge in [0, 0.05) is 35.6 Å². The van der Waals surface area contributed by atoms with Gasteiger partial charge in [-0.15, -0.1) is 10.2 Å². The van der Waals surface area contributed by atoms with Crippen LogP contribution in [0, 0.1) is 5.92 Å². The quantitative estimate of drug-likeness (QED) is 0.325. The molecule has 0 saturated carbocycles. The number of ether oxygens (including phenoxy) is 2. The number of pyridine rings is 1. The fraction of sp³-hybridized carbons (Fsp3) is 0.333. The number of anilines is 1. The molecule has 1 aliphatic rings. The van der Waals surface area contributed by atoms with E-state index >= 15 is 0 Å². The SMILES string of the molecule is COc1ccc(-c2nnc(COC(=O)NCCC3CCN(c4ccc5cc(Cl)ccc5n4)CC3)o2)cc1. The number of halogens is 1. The Hall–Kier alpha value is -3.85. The number of rotatable bonds is 8. The largest absolute Gasteiger partial charge is 0.497 e. The van der Waals surface area contributed by atoms with Crippen LogP contribution in [0.5, 0.6) is 5.75 Å². The molecule has 1 aliphatic heterocycles. The lowest BCUT2D eigenvalue weighted by atomic mass is 9.93. The smallest absolute Gasteiger partial charge is 0.407 e. The number of carbonyl (C=O) groups excluding carboxylic acids is 1. The van der Waals surface area contributed by atoms with Gasteiger partial charge in [-0.05, 0) is 79.8 Å². The van der Waals surface area contributed by atoms with Crippen molar-refractivity contribution >= 4 is 34.4 Å². The number of nitrogens with one attached hydrogen (secondary N) is 1. The molecule has 1 fully saturated rings. The van der Waals surface area contributed by atoms with E-state index < -0.39 is 6.09 Å². The van der Waals surface area contributed by atoms with E-state index in [0.29, 0.717) is 23.4 Å². The minimum atomic E-state index is -0.498. The number of fused-ring (bicyclic) bond motifs is 1. The van der Waals surface area contributed by atoms with Crippen LogP contribution in [0.4, 0.5) is 10.6 Å². The lowest BCUT2D eigenvalue weighted by Gasteiger charge is -2.33. The van der Waals surface area contributed by atoms with Gasteiger partial charge in [0.2, 0.25) is 5.89 Å². The zero-order chi connectivity index (χ0) is 25.6. The molecule has 0 bridgehead atoms. The van der Waals surface area contributed by atoms with E-state index in [-0.39, 0.29) is 12.5 Å². The van der Waals surface area contributed by atoms with E-state index in [0.717, 1.165) is 60.4 Å². The molecule has 1 saturated heterocycles. The number of nitrogens with zero attached hydrogens (tertiary/aromatic N) is 4. The van der Waals surface area contributed by atoms with Crippen molar-refractivity contribution in [2.75, 3.05) is 31.6 Å². The first-order valence-corrected chi connectivity index (χ1v) is 12.6. The number of piperidine rings is 1. The van der Waals surface area contributed by atoms with Crippen LogP contribution in [0.2, 0.25) is 5.02 Å². The van der Waals surface area contributed by atoms with Crippen molar-refractivity contribution in [1.82, 2.24) is 20.5 Å². The molecule has 10 heteroatoms.